The smallest absolute Gasteiger partial charge is 0.368 e. The number of halogens is 1. The average molecular weight is 208 g/mol. The molecule has 0 aromatic heterocycles. The van der Waals surface area contributed by atoms with E-state index in [0.717, 1.165) is 0 Å². The van der Waals surface area contributed by atoms with E-state index in [-0.39, 0.29) is 13.2 Å². The lowest BCUT2D eigenvalue weighted by atomic mass is 10.4. The molecular weight excluding hydrogens is 191 g/mol. The molecule has 0 N–H and O–H groups in total. The van der Waals surface area contributed by atoms with Crippen LogP contribution in [-0.2, 0) is 19.0 Å². The molecule has 84 valence electrons. The standard InChI is InChI=1S/C9H17FO4/c1-4-12-6-7(3)14-8(10)9(11)13-5-2/h7-8H,4-6H2,1-3H3. The Morgan fingerprint density at radius 3 is 2.50 bits per heavy atom. The summed E-state index contributed by atoms with van der Waals surface area (Å²) in [6.45, 7) is 5.99. The maximum absolute atomic E-state index is 12.9. The van der Waals surface area contributed by atoms with Crippen LogP contribution in [0.25, 0.3) is 0 Å². The Balaban J connectivity index is 3.68. The van der Waals surface area contributed by atoms with Gasteiger partial charge in [-0.05, 0) is 20.8 Å². The predicted molar refractivity (Wildman–Crippen MR) is 48.6 cm³/mol. The molecule has 5 heteroatoms. The lowest BCUT2D eigenvalue weighted by Crippen LogP contribution is -2.28. The van der Waals surface area contributed by atoms with Crippen molar-refractivity contribution in [1.82, 2.24) is 0 Å². The second-order valence-corrected chi connectivity index (χ2v) is 2.67. The van der Waals surface area contributed by atoms with E-state index in [9.17, 15) is 9.18 Å². The van der Waals surface area contributed by atoms with Crippen LogP contribution in [0.2, 0.25) is 0 Å². The van der Waals surface area contributed by atoms with Crippen LogP contribution in [0.1, 0.15) is 20.8 Å². The van der Waals surface area contributed by atoms with Gasteiger partial charge in [-0.3, -0.25) is 0 Å². The van der Waals surface area contributed by atoms with E-state index < -0.39 is 18.4 Å². The summed E-state index contributed by atoms with van der Waals surface area (Å²) < 4.78 is 27.0. The quantitative estimate of drug-likeness (QED) is 0.591. The summed E-state index contributed by atoms with van der Waals surface area (Å²) in [4.78, 5) is 10.8. The SMILES string of the molecule is CCOCC(C)OC(F)C(=O)OCC. The van der Waals surface area contributed by atoms with E-state index in [1.54, 1.807) is 13.8 Å². The highest BCUT2D eigenvalue weighted by Crippen LogP contribution is 2.03. The first-order valence-corrected chi connectivity index (χ1v) is 4.65. The Kier molecular flexibility index (Phi) is 7.32. The van der Waals surface area contributed by atoms with Gasteiger partial charge in [0.05, 0.1) is 19.3 Å². The molecule has 4 nitrogen and oxygen atoms in total. The molecule has 0 saturated carbocycles. The molecule has 2 unspecified atom stereocenters. The minimum Gasteiger partial charge on any atom is -0.462 e. The number of carbonyl (C=O) groups excluding carboxylic acids is 1. The van der Waals surface area contributed by atoms with Gasteiger partial charge in [0.1, 0.15) is 0 Å². The van der Waals surface area contributed by atoms with Crippen LogP contribution in [-0.4, -0.2) is 38.3 Å². The third kappa shape index (κ3) is 5.88. The average Bonchev–Trinajstić information content (AvgIpc) is 2.15. The largest absolute Gasteiger partial charge is 0.462 e. The molecule has 0 amide bonds. The number of alkyl halides is 1. The van der Waals surface area contributed by atoms with Gasteiger partial charge in [-0.15, -0.1) is 0 Å². The van der Waals surface area contributed by atoms with Gasteiger partial charge in [-0.2, -0.15) is 0 Å². The van der Waals surface area contributed by atoms with Gasteiger partial charge in [0.25, 0.3) is 6.36 Å². The zero-order valence-electron chi connectivity index (χ0n) is 8.79. The molecule has 0 radical (unpaired) electrons. The van der Waals surface area contributed by atoms with Gasteiger partial charge in [0.2, 0.25) is 0 Å². The van der Waals surface area contributed by atoms with Gasteiger partial charge in [0.15, 0.2) is 0 Å². The molecule has 0 spiro atoms. The van der Waals surface area contributed by atoms with Gasteiger partial charge in [-0.25, -0.2) is 9.18 Å². The molecule has 0 aromatic carbocycles. The first-order valence-electron chi connectivity index (χ1n) is 4.65. The van der Waals surface area contributed by atoms with E-state index in [1.165, 1.54) is 0 Å². The van der Waals surface area contributed by atoms with E-state index in [0.29, 0.717) is 6.61 Å². The van der Waals surface area contributed by atoms with Crippen molar-refractivity contribution in [2.45, 2.75) is 33.2 Å². The van der Waals surface area contributed by atoms with Crippen molar-refractivity contribution in [3.63, 3.8) is 0 Å². The second kappa shape index (κ2) is 7.70. The molecule has 0 aromatic rings. The zero-order valence-corrected chi connectivity index (χ0v) is 8.79. The highest BCUT2D eigenvalue weighted by Gasteiger charge is 2.21. The van der Waals surface area contributed by atoms with E-state index in [2.05, 4.69) is 4.74 Å². The topological polar surface area (TPSA) is 44.8 Å². The first kappa shape index (κ1) is 13.3. The lowest BCUT2D eigenvalue weighted by Gasteiger charge is -2.15. The summed E-state index contributed by atoms with van der Waals surface area (Å²) in [5.41, 5.74) is 0. The maximum atomic E-state index is 12.9. The van der Waals surface area contributed by atoms with Crippen molar-refractivity contribution in [2.24, 2.45) is 0 Å². The molecule has 0 fully saturated rings. The molecule has 2 atom stereocenters. The zero-order chi connectivity index (χ0) is 11.0. The third-order valence-electron chi connectivity index (χ3n) is 1.38. The van der Waals surface area contributed by atoms with Gasteiger partial charge in [-0.1, -0.05) is 0 Å². The summed E-state index contributed by atoms with van der Waals surface area (Å²) in [5.74, 6) is -0.990. The Labute approximate surface area is 83.3 Å². The van der Waals surface area contributed by atoms with Crippen molar-refractivity contribution in [2.75, 3.05) is 19.8 Å². The summed E-state index contributed by atoms with van der Waals surface area (Å²) in [5, 5.41) is 0. The third-order valence-corrected chi connectivity index (χ3v) is 1.38. The summed E-state index contributed by atoms with van der Waals surface area (Å²) in [7, 11) is 0. The van der Waals surface area contributed by atoms with Gasteiger partial charge >= 0.3 is 5.97 Å². The summed E-state index contributed by atoms with van der Waals surface area (Å²) in [6, 6.07) is 0. The molecule has 0 heterocycles. The minimum atomic E-state index is -2.02. The number of hydrogen-bond donors (Lipinski definition) is 0. The van der Waals surface area contributed by atoms with Crippen LogP contribution in [0.4, 0.5) is 4.39 Å². The van der Waals surface area contributed by atoms with Crippen LogP contribution in [0.5, 0.6) is 0 Å². The number of ether oxygens (including phenoxy) is 3. The van der Waals surface area contributed by atoms with Crippen molar-refractivity contribution in [3.8, 4) is 0 Å². The Bertz CT molecular complexity index is 163. The highest BCUT2D eigenvalue weighted by molar-refractivity contribution is 5.72. The Morgan fingerprint density at radius 1 is 1.36 bits per heavy atom. The molecule has 0 aliphatic carbocycles. The number of hydrogen-bond acceptors (Lipinski definition) is 4. The molecule has 0 bridgehead atoms. The number of rotatable bonds is 7. The second-order valence-electron chi connectivity index (χ2n) is 2.67. The molecule has 0 rings (SSSR count). The van der Waals surface area contributed by atoms with Crippen LogP contribution in [0.15, 0.2) is 0 Å². The highest BCUT2D eigenvalue weighted by atomic mass is 19.1. The van der Waals surface area contributed by atoms with Crippen LogP contribution >= 0.6 is 0 Å². The number of carbonyl (C=O) groups is 1. The minimum absolute atomic E-state index is 0.141. The molecular formula is C9H17FO4. The van der Waals surface area contributed by atoms with E-state index in [4.69, 9.17) is 9.47 Å². The van der Waals surface area contributed by atoms with Crippen LogP contribution in [0.3, 0.4) is 0 Å². The molecule has 0 saturated heterocycles. The van der Waals surface area contributed by atoms with Gasteiger partial charge in [0, 0.05) is 6.61 Å². The fourth-order valence-corrected chi connectivity index (χ4v) is 0.790. The van der Waals surface area contributed by atoms with E-state index in [1.807, 2.05) is 6.92 Å². The molecule has 0 aliphatic rings. The Morgan fingerprint density at radius 2 is 2.00 bits per heavy atom. The first-order chi connectivity index (χ1) is 6.61. The fourth-order valence-electron chi connectivity index (χ4n) is 0.790. The summed E-state index contributed by atoms with van der Waals surface area (Å²) >= 11 is 0. The van der Waals surface area contributed by atoms with Crippen molar-refractivity contribution >= 4 is 5.97 Å². The van der Waals surface area contributed by atoms with Gasteiger partial charge < -0.3 is 14.2 Å². The normalized spacial score (nSPS) is 14.9. The van der Waals surface area contributed by atoms with Crippen LogP contribution in [0, 0.1) is 0 Å². The monoisotopic (exact) mass is 208 g/mol. The predicted octanol–water partition coefficient (Wildman–Crippen LogP) is 1.29. The van der Waals surface area contributed by atoms with E-state index >= 15 is 0 Å². The molecule has 14 heavy (non-hydrogen) atoms. The van der Waals surface area contributed by atoms with Crippen LogP contribution < -0.4 is 0 Å². The lowest BCUT2D eigenvalue weighted by molar-refractivity contribution is -0.178. The Hall–Kier alpha value is -0.680. The molecule has 0 aliphatic heterocycles. The van der Waals surface area contributed by atoms with Crippen molar-refractivity contribution in [1.29, 1.82) is 0 Å². The fraction of sp³-hybridized carbons (Fsp3) is 0.889. The van der Waals surface area contributed by atoms with Crippen molar-refractivity contribution in [3.05, 3.63) is 0 Å². The number of esters is 1. The summed E-state index contributed by atoms with van der Waals surface area (Å²) in [6.07, 6.45) is -2.49. The maximum Gasteiger partial charge on any atom is 0.368 e. The van der Waals surface area contributed by atoms with Crippen molar-refractivity contribution < 1.29 is 23.4 Å².